The molecule has 0 atom stereocenters. The fourth-order valence-electron chi connectivity index (χ4n) is 3.35. The standard InChI is InChI=1S/C23H21FN4O/c24-20-9-7-19(8-10-20)21(17-18-5-2-1-3-6-18)22(29)27-13-15-28(16-14-27)23-25-11-4-12-26-23/h1-12,17H,13-16H2/b21-17+. The minimum Gasteiger partial charge on any atom is -0.337 e. The Morgan fingerprint density at radius 3 is 2.17 bits per heavy atom. The summed E-state index contributed by atoms with van der Waals surface area (Å²) in [5, 5.41) is 0. The molecule has 6 heteroatoms. The van der Waals surface area contributed by atoms with Crippen molar-refractivity contribution < 1.29 is 9.18 Å². The monoisotopic (exact) mass is 388 g/mol. The molecule has 1 saturated heterocycles. The van der Waals surface area contributed by atoms with E-state index in [1.54, 1.807) is 30.6 Å². The molecule has 0 saturated carbocycles. The number of benzene rings is 2. The van der Waals surface area contributed by atoms with Crippen molar-refractivity contribution in [3.05, 3.63) is 90.0 Å². The van der Waals surface area contributed by atoms with Crippen LogP contribution in [0.5, 0.6) is 0 Å². The SMILES string of the molecule is O=C(/C(=C/c1ccccc1)c1ccc(F)cc1)N1CCN(c2ncccn2)CC1. The lowest BCUT2D eigenvalue weighted by atomic mass is 10.0. The zero-order chi connectivity index (χ0) is 20.1. The number of rotatable bonds is 4. The van der Waals surface area contributed by atoms with Crippen molar-refractivity contribution in [2.45, 2.75) is 0 Å². The molecule has 3 aromatic rings. The second kappa shape index (κ2) is 8.65. The highest BCUT2D eigenvalue weighted by Gasteiger charge is 2.25. The Hall–Kier alpha value is -3.54. The van der Waals surface area contributed by atoms with Crippen LogP contribution in [0.25, 0.3) is 11.6 Å². The maximum absolute atomic E-state index is 13.4. The number of hydrogen-bond donors (Lipinski definition) is 0. The van der Waals surface area contributed by atoms with Crippen molar-refractivity contribution in [1.82, 2.24) is 14.9 Å². The first kappa shape index (κ1) is 18.8. The lowest BCUT2D eigenvalue weighted by Gasteiger charge is -2.35. The van der Waals surface area contributed by atoms with Crippen LogP contribution in [0.2, 0.25) is 0 Å². The van der Waals surface area contributed by atoms with E-state index in [2.05, 4.69) is 14.9 Å². The van der Waals surface area contributed by atoms with Crippen LogP contribution in [-0.4, -0.2) is 47.0 Å². The van der Waals surface area contributed by atoms with Gasteiger partial charge >= 0.3 is 0 Å². The topological polar surface area (TPSA) is 49.3 Å². The lowest BCUT2D eigenvalue weighted by molar-refractivity contribution is -0.125. The van der Waals surface area contributed by atoms with Gasteiger partial charge in [-0.25, -0.2) is 14.4 Å². The van der Waals surface area contributed by atoms with Crippen LogP contribution in [0.4, 0.5) is 10.3 Å². The second-order valence-electron chi connectivity index (χ2n) is 6.80. The van der Waals surface area contributed by atoms with E-state index in [4.69, 9.17) is 0 Å². The Labute approximate surface area is 169 Å². The first-order chi connectivity index (χ1) is 14.2. The van der Waals surface area contributed by atoms with Gasteiger partial charge in [-0.1, -0.05) is 42.5 Å². The van der Waals surface area contributed by atoms with Crippen molar-refractivity contribution in [2.24, 2.45) is 0 Å². The minimum absolute atomic E-state index is 0.0610. The average Bonchev–Trinajstić information content (AvgIpc) is 2.79. The van der Waals surface area contributed by atoms with Gasteiger partial charge in [-0.15, -0.1) is 0 Å². The molecule has 0 radical (unpaired) electrons. The van der Waals surface area contributed by atoms with Crippen LogP contribution in [0.1, 0.15) is 11.1 Å². The molecule has 0 spiro atoms. The lowest BCUT2D eigenvalue weighted by Crippen LogP contribution is -2.49. The molecule has 146 valence electrons. The molecule has 1 aliphatic rings. The third-order valence-electron chi connectivity index (χ3n) is 4.90. The molecule has 0 bridgehead atoms. The van der Waals surface area contributed by atoms with Crippen molar-refractivity contribution in [3.8, 4) is 0 Å². The van der Waals surface area contributed by atoms with Crippen LogP contribution in [-0.2, 0) is 4.79 Å². The zero-order valence-corrected chi connectivity index (χ0v) is 15.9. The van der Waals surface area contributed by atoms with E-state index in [-0.39, 0.29) is 11.7 Å². The molecule has 1 aromatic heterocycles. The number of halogens is 1. The zero-order valence-electron chi connectivity index (χ0n) is 15.9. The number of carbonyl (C=O) groups excluding carboxylic acids is 1. The van der Waals surface area contributed by atoms with Gasteiger partial charge in [-0.2, -0.15) is 0 Å². The van der Waals surface area contributed by atoms with E-state index in [0.29, 0.717) is 43.3 Å². The maximum atomic E-state index is 13.4. The van der Waals surface area contributed by atoms with Gasteiger partial charge in [0.15, 0.2) is 0 Å². The molecule has 29 heavy (non-hydrogen) atoms. The summed E-state index contributed by atoms with van der Waals surface area (Å²) >= 11 is 0. The van der Waals surface area contributed by atoms with E-state index in [0.717, 1.165) is 5.56 Å². The summed E-state index contributed by atoms with van der Waals surface area (Å²) in [6.07, 6.45) is 5.30. The van der Waals surface area contributed by atoms with Crippen LogP contribution >= 0.6 is 0 Å². The molecule has 0 aliphatic carbocycles. The fourth-order valence-corrected chi connectivity index (χ4v) is 3.35. The normalized spacial score (nSPS) is 14.7. The van der Waals surface area contributed by atoms with Crippen LogP contribution in [0.15, 0.2) is 73.1 Å². The van der Waals surface area contributed by atoms with E-state index < -0.39 is 0 Å². The predicted octanol–water partition coefficient (Wildman–Crippen LogP) is 3.51. The van der Waals surface area contributed by atoms with Crippen LogP contribution in [0, 0.1) is 5.82 Å². The van der Waals surface area contributed by atoms with Crippen LogP contribution in [0.3, 0.4) is 0 Å². The molecule has 4 rings (SSSR count). The average molecular weight is 388 g/mol. The van der Waals surface area contributed by atoms with Gasteiger partial charge in [0.1, 0.15) is 5.82 Å². The summed E-state index contributed by atoms with van der Waals surface area (Å²) in [6, 6.07) is 17.5. The smallest absolute Gasteiger partial charge is 0.254 e. The van der Waals surface area contributed by atoms with Gasteiger partial charge in [0, 0.05) is 44.1 Å². The first-order valence-corrected chi connectivity index (χ1v) is 9.54. The molecule has 1 amide bonds. The Kier molecular flexibility index (Phi) is 5.61. The largest absolute Gasteiger partial charge is 0.337 e. The first-order valence-electron chi connectivity index (χ1n) is 9.54. The second-order valence-corrected chi connectivity index (χ2v) is 6.80. The highest BCUT2D eigenvalue weighted by Crippen LogP contribution is 2.23. The summed E-state index contributed by atoms with van der Waals surface area (Å²) in [5.74, 6) is 0.295. The number of hydrogen-bond acceptors (Lipinski definition) is 4. The summed E-state index contributed by atoms with van der Waals surface area (Å²) < 4.78 is 13.4. The van der Waals surface area contributed by atoms with E-state index in [1.165, 1.54) is 12.1 Å². The van der Waals surface area contributed by atoms with Gasteiger partial charge < -0.3 is 9.80 Å². The van der Waals surface area contributed by atoms with Crippen molar-refractivity contribution in [1.29, 1.82) is 0 Å². The van der Waals surface area contributed by atoms with Crippen molar-refractivity contribution in [3.63, 3.8) is 0 Å². The highest BCUT2D eigenvalue weighted by molar-refractivity contribution is 6.24. The predicted molar refractivity (Wildman–Crippen MR) is 112 cm³/mol. The Bertz CT molecular complexity index is 982. The minimum atomic E-state index is -0.322. The molecule has 2 heterocycles. The number of anilines is 1. The summed E-state index contributed by atoms with van der Waals surface area (Å²) in [4.78, 5) is 25.8. The number of nitrogens with zero attached hydrogens (tertiary/aromatic N) is 4. The molecule has 5 nitrogen and oxygen atoms in total. The quantitative estimate of drug-likeness (QED) is 0.507. The number of aromatic nitrogens is 2. The van der Waals surface area contributed by atoms with Gasteiger partial charge in [0.2, 0.25) is 5.95 Å². The summed E-state index contributed by atoms with van der Waals surface area (Å²) in [5.41, 5.74) is 2.19. The van der Waals surface area contributed by atoms with E-state index >= 15 is 0 Å². The van der Waals surface area contributed by atoms with Gasteiger partial charge in [-0.3, -0.25) is 4.79 Å². The van der Waals surface area contributed by atoms with Crippen molar-refractivity contribution in [2.75, 3.05) is 31.1 Å². The Balaban J connectivity index is 1.56. The molecule has 1 aliphatic heterocycles. The Morgan fingerprint density at radius 1 is 0.862 bits per heavy atom. The van der Waals surface area contributed by atoms with Gasteiger partial charge in [0.25, 0.3) is 5.91 Å². The number of carbonyl (C=O) groups is 1. The van der Waals surface area contributed by atoms with Crippen molar-refractivity contribution >= 4 is 23.5 Å². The van der Waals surface area contributed by atoms with E-state index in [9.17, 15) is 9.18 Å². The number of piperazine rings is 1. The number of amides is 1. The highest BCUT2D eigenvalue weighted by atomic mass is 19.1. The van der Waals surface area contributed by atoms with E-state index in [1.807, 2.05) is 41.3 Å². The fraction of sp³-hybridized carbons (Fsp3) is 0.174. The third kappa shape index (κ3) is 4.48. The molecule has 0 unspecified atom stereocenters. The Morgan fingerprint density at radius 2 is 1.52 bits per heavy atom. The van der Waals surface area contributed by atoms with Gasteiger partial charge in [0.05, 0.1) is 0 Å². The third-order valence-corrected chi connectivity index (χ3v) is 4.90. The molecule has 1 fully saturated rings. The molecule has 0 N–H and O–H groups in total. The maximum Gasteiger partial charge on any atom is 0.254 e. The molecular weight excluding hydrogens is 367 g/mol. The summed E-state index contributed by atoms with van der Waals surface area (Å²) in [7, 11) is 0. The van der Waals surface area contributed by atoms with Crippen LogP contribution < -0.4 is 4.90 Å². The summed E-state index contributed by atoms with van der Waals surface area (Å²) in [6.45, 7) is 2.48. The molecular formula is C23H21FN4O. The molecule has 2 aromatic carbocycles. The van der Waals surface area contributed by atoms with Gasteiger partial charge in [-0.05, 0) is 35.4 Å².